The number of para-hydroxylation sites is 1. The summed E-state index contributed by atoms with van der Waals surface area (Å²) in [6, 6.07) is 15.9. The summed E-state index contributed by atoms with van der Waals surface area (Å²) < 4.78 is 54.5. The number of hydrogen-bond acceptors (Lipinski definition) is 5. The van der Waals surface area contributed by atoms with Crippen molar-refractivity contribution in [3.63, 3.8) is 0 Å². The van der Waals surface area contributed by atoms with Crippen molar-refractivity contribution in [2.45, 2.75) is 11.4 Å². The van der Waals surface area contributed by atoms with Gasteiger partial charge in [0.15, 0.2) is 11.6 Å². The number of benzene rings is 3. The van der Waals surface area contributed by atoms with Gasteiger partial charge in [-0.05, 0) is 54.6 Å². The number of fused-ring (bicyclic) bond motifs is 1. The van der Waals surface area contributed by atoms with E-state index < -0.39 is 26.6 Å². The van der Waals surface area contributed by atoms with Gasteiger partial charge in [0.1, 0.15) is 5.01 Å². The highest BCUT2D eigenvalue weighted by atomic mass is 32.2. The maximum absolute atomic E-state index is 13.4. The predicted octanol–water partition coefficient (Wildman–Crippen LogP) is 4.65. The van der Waals surface area contributed by atoms with Crippen molar-refractivity contribution < 1.29 is 22.0 Å². The summed E-state index contributed by atoms with van der Waals surface area (Å²) in [5.74, 6) is -2.65. The van der Waals surface area contributed by atoms with Crippen molar-refractivity contribution in [1.82, 2.24) is 9.88 Å². The van der Waals surface area contributed by atoms with Gasteiger partial charge in [0.25, 0.3) is 15.9 Å². The smallest absolute Gasteiger partial charge is 0.261 e. The van der Waals surface area contributed by atoms with Gasteiger partial charge < -0.3 is 4.90 Å². The summed E-state index contributed by atoms with van der Waals surface area (Å²) >= 11 is 1.51. The molecule has 32 heavy (non-hydrogen) atoms. The maximum Gasteiger partial charge on any atom is 0.261 e. The van der Waals surface area contributed by atoms with Gasteiger partial charge in [0.05, 0.1) is 21.7 Å². The van der Waals surface area contributed by atoms with Crippen molar-refractivity contribution in [3.05, 3.63) is 88.9 Å². The second-order valence-corrected chi connectivity index (χ2v) is 9.79. The topological polar surface area (TPSA) is 79.4 Å². The van der Waals surface area contributed by atoms with Crippen LogP contribution >= 0.6 is 11.3 Å². The number of sulfonamides is 1. The molecule has 0 aliphatic carbocycles. The lowest BCUT2D eigenvalue weighted by Gasteiger charge is -2.16. The number of halogens is 2. The van der Waals surface area contributed by atoms with Crippen molar-refractivity contribution >= 4 is 43.2 Å². The van der Waals surface area contributed by atoms with Gasteiger partial charge in [-0.25, -0.2) is 22.2 Å². The molecular formula is C22H17F2N3O3S2. The highest BCUT2D eigenvalue weighted by molar-refractivity contribution is 7.92. The zero-order chi connectivity index (χ0) is 22.9. The van der Waals surface area contributed by atoms with Gasteiger partial charge in [0, 0.05) is 18.3 Å². The van der Waals surface area contributed by atoms with Crippen LogP contribution in [0.5, 0.6) is 0 Å². The van der Waals surface area contributed by atoms with Crippen molar-refractivity contribution in [2.75, 3.05) is 11.8 Å². The fourth-order valence-electron chi connectivity index (χ4n) is 3.02. The zero-order valence-corrected chi connectivity index (χ0v) is 18.4. The first-order valence-electron chi connectivity index (χ1n) is 9.41. The number of thiazole rings is 1. The summed E-state index contributed by atoms with van der Waals surface area (Å²) in [6.45, 7) is 0.336. The normalized spacial score (nSPS) is 11.5. The molecule has 4 rings (SSSR count). The van der Waals surface area contributed by atoms with E-state index in [1.807, 2.05) is 24.3 Å². The lowest BCUT2D eigenvalue weighted by molar-refractivity contribution is 0.0785. The van der Waals surface area contributed by atoms with Crippen molar-refractivity contribution in [1.29, 1.82) is 0 Å². The summed E-state index contributed by atoms with van der Waals surface area (Å²) in [5, 5.41) is 0.804. The Morgan fingerprint density at radius 1 is 1.03 bits per heavy atom. The Bertz CT molecular complexity index is 1370. The van der Waals surface area contributed by atoms with Gasteiger partial charge >= 0.3 is 0 Å². The molecule has 0 aliphatic heterocycles. The molecule has 1 amide bonds. The third kappa shape index (κ3) is 4.61. The molecule has 164 valence electrons. The quantitative estimate of drug-likeness (QED) is 0.442. The number of nitrogens with zero attached hydrogens (tertiary/aromatic N) is 2. The molecule has 0 fully saturated rings. The van der Waals surface area contributed by atoms with Gasteiger partial charge in [-0.2, -0.15) is 0 Å². The summed E-state index contributed by atoms with van der Waals surface area (Å²) in [5.41, 5.74) is 1.43. The minimum Gasteiger partial charge on any atom is -0.335 e. The molecule has 3 aromatic carbocycles. The number of carbonyl (C=O) groups excluding carboxylic acids is 1. The van der Waals surface area contributed by atoms with Crippen LogP contribution in [-0.2, 0) is 16.6 Å². The molecule has 0 aliphatic rings. The van der Waals surface area contributed by atoms with E-state index in [9.17, 15) is 22.0 Å². The van der Waals surface area contributed by atoms with Gasteiger partial charge in [-0.1, -0.05) is 12.1 Å². The second-order valence-electron chi connectivity index (χ2n) is 7.00. The Hall–Kier alpha value is -3.37. The van der Waals surface area contributed by atoms with Crippen LogP contribution in [0.25, 0.3) is 10.2 Å². The van der Waals surface area contributed by atoms with Crippen LogP contribution in [0.2, 0.25) is 0 Å². The fourth-order valence-corrected chi connectivity index (χ4v) is 5.11. The number of anilines is 1. The molecule has 10 heteroatoms. The van der Waals surface area contributed by atoms with Crippen molar-refractivity contribution in [2.24, 2.45) is 0 Å². The first-order chi connectivity index (χ1) is 15.2. The van der Waals surface area contributed by atoms with Gasteiger partial charge in [-0.3, -0.25) is 9.52 Å². The monoisotopic (exact) mass is 473 g/mol. The highest BCUT2D eigenvalue weighted by Gasteiger charge is 2.18. The van der Waals surface area contributed by atoms with Gasteiger partial charge in [0.2, 0.25) is 0 Å². The Morgan fingerprint density at radius 2 is 1.75 bits per heavy atom. The Balaban J connectivity index is 1.45. The third-order valence-electron chi connectivity index (χ3n) is 4.64. The molecule has 0 unspecified atom stereocenters. The largest absolute Gasteiger partial charge is 0.335 e. The Labute approximate surface area is 187 Å². The van der Waals surface area contributed by atoms with E-state index in [1.54, 1.807) is 7.05 Å². The first-order valence-corrected chi connectivity index (χ1v) is 11.7. The SMILES string of the molecule is CN(Cc1nc2ccccc2s1)C(=O)c1ccc(NS(=O)(=O)c2ccc(F)c(F)c2)cc1. The molecule has 0 atom stereocenters. The van der Waals surface area contributed by atoms with Crippen LogP contribution in [0.3, 0.4) is 0 Å². The summed E-state index contributed by atoms with van der Waals surface area (Å²) in [7, 11) is -2.45. The van der Waals surface area contributed by atoms with Gasteiger partial charge in [-0.15, -0.1) is 11.3 Å². The van der Waals surface area contributed by atoms with E-state index in [0.717, 1.165) is 27.4 Å². The van der Waals surface area contributed by atoms with Crippen LogP contribution in [0.1, 0.15) is 15.4 Å². The number of carbonyl (C=O) groups is 1. The highest BCUT2D eigenvalue weighted by Crippen LogP contribution is 2.23. The maximum atomic E-state index is 13.4. The first kappa shape index (κ1) is 21.8. The summed E-state index contributed by atoms with van der Waals surface area (Å²) in [4.78, 5) is 18.4. The van der Waals surface area contributed by atoms with Crippen LogP contribution in [0.4, 0.5) is 14.5 Å². The number of rotatable bonds is 6. The Kier molecular flexibility index (Phi) is 5.90. The van der Waals surface area contributed by atoms with E-state index in [1.165, 1.54) is 40.5 Å². The lowest BCUT2D eigenvalue weighted by atomic mass is 10.2. The zero-order valence-electron chi connectivity index (χ0n) is 16.7. The molecule has 0 saturated carbocycles. The number of hydrogen-bond donors (Lipinski definition) is 1. The average molecular weight is 474 g/mol. The van der Waals surface area contributed by atoms with Crippen molar-refractivity contribution in [3.8, 4) is 0 Å². The molecule has 0 radical (unpaired) electrons. The van der Waals surface area contributed by atoms with E-state index >= 15 is 0 Å². The predicted molar refractivity (Wildman–Crippen MR) is 119 cm³/mol. The van der Waals surface area contributed by atoms with Crippen LogP contribution in [0, 0.1) is 11.6 Å². The Morgan fingerprint density at radius 3 is 2.44 bits per heavy atom. The molecule has 0 saturated heterocycles. The van der Waals surface area contributed by atoms with E-state index in [-0.39, 0.29) is 11.6 Å². The molecule has 1 N–H and O–H groups in total. The van der Waals surface area contributed by atoms with E-state index in [2.05, 4.69) is 9.71 Å². The van der Waals surface area contributed by atoms with Crippen LogP contribution in [0.15, 0.2) is 71.6 Å². The van der Waals surface area contributed by atoms with Crippen LogP contribution in [-0.4, -0.2) is 31.3 Å². The molecule has 4 aromatic rings. The molecule has 0 spiro atoms. The van der Waals surface area contributed by atoms with Crippen LogP contribution < -0.4 is 4.72 Å². The van der Waals surface area contributed by atoms with E-state index in [0.29, 0.717) is 18.2 Å². The minimum absolute atomic E-state index is 0.181. The molecule has 6 nitrogen and oxygen atoms in total. The second kappa shape index (κ2) is 8.64. The summed E-state index contributed by atoms with van der Waals surface area (Å²) in [6.07, 6.45) is 0. The molecule has 0 bridgehead atoms. The minimum atomic E-state index is -4.11. The molecule has 1 aromatic heterocycles. The lowest BCUT2D eigenvalue weighted by Crippen LogP contribution is -2.26. The molecule has 1 heterocycles. The third-order valence-corrected chi connectivity index (χ3v) is 7.04. The molecular weight excluding hydrogens is 456 g/mol. The number of amides is 1. The number of nitrogens with one attached hydrogen (secondary N) is 1. The average Bonchev–Trinajstić information content (AvgIpc) is 3.17. The fraction of sp³-hybridized carbons (Fsp3) is 0.0909. The van der Waals surface area contributed by atoms with E-state index in [4.69, 9.17) is 0 Å². The standard InChI is InChI=1S/C22H17F2N3O3S2/c1-27(13-21-25-19-4-2-3-5-20(19)31-21)22(28)14-6-8-15(9-7-14)26-32(29,30)16-10-11-17(23)18(24)12-16/h2-12,26H,13H2,1H3. The number of aromatic nitrogens is 1.